The predicted octanol–water partition coefficient (Wildman–Crippen LogP) is 5.92. The molecule has 2 amide bonds. The minimum Gasteiger partial charge on any atom is -0.322 e. The quantitative estimate of drug-likeness (QED) is 0.545. The van der Waals surface area contributed by atoms with Gasteiger partial charge in [0.1, 0.15) is 0 Å². The molecule has 0 saturated heterocycles. The normalized spacial score (nSPS) is 11.1. The summed E-state index contributed by atoms with van der Waals surface area (Å²) in [6.07, 6.45) is -4.51. The molecule has 0 atom stereocenters. The highest BCUT2D eigenvalue weighted by Crippen LogP contribution is 2.31. The van der Waals surface area contributed by atoms with Crippen molar-refractivity contribution in [3.05, 3.63) is 81.0 Å². The zero-order valence-corrected chi connectivity index (χ0v) is 15.6. The van der Waals surface area contributed by atoms with E-state index < -0.39 is 17.6 Å². The molecule has 0 fully saturated rings. The van der Waals surface area contributed by atoms with Gasteiger partial charge in [0.2, 0.25) is 0 Å². The molecule has 28 heavy (non-hydrogen) atoms. The molecule has 0 aliphatic rings. The molecule has 9 heteroatoms. The highest BCUT2D eigenvalue weighted by Gasteiger charge is 2.30. The average molecular weight is 425 g/mol. The fourth-order valence-corrected chi connectivity index (χ4v) is 3.11. The summed E-state index contributed by atoms with van der Waals surface area (Å²) >= 11 is 7.31. The second-order valence-electron chi connectivity index (χ2n) is 5.66. The van der Waals surface area contributed by atoms with Gasteiger partial charge in [-0.3, -0.25) is 9.59 Å². The SMILES string of the molecule is O=C(Nc1cccc(C(F)(F)F)c1)c1ccc(Cl)c(NC(=O)c2cccs2)c1. The fourth-order valence-electron chi connectivity index (χ4n) is 2.33. The second kappa shape index (κ2) is 8.04. The molecule has 1 aromatic heterocycles. The van der Waals surface area contributed by atoms with Gasteiger partial charge < -0.3 is 10.6 Å². The van der Waals surface area contributed by atoms with Gasteiger partial charge in [0.25, 0.3) is 11.8 Å². The molecule has 0 aliphatic heterocycles. The summed E-state index contributed by atoms with van der Waals surface area (Å²) in [5, 5.41) is 6.99. The number of thiophene rings is 1. The van der Waals surface area contributed by atoms with Crippen molar-refractivity contribution >= 4 is 46.1 Å². The van der Waals surface area contributed by atoms with Crippen LogP contribution in [0.5, 0.6) is 0 Å². The largest absolute Gasteiger partial charge is 0.416 e. The molecule has 2 N–H and O–H groups in total. The van der Waals surface area contributed by atoms with Gasteiger partial charge in [0.05, 0.1) is 21.2 Å². The molecular weight excluding hydrogens is 413 g/mol. The minimum atomic E-state index is -4.51. The summed E-state index contributed by atoms with van der Waals surface area (Å²) in [5.41, 5.74) is -0.524. The van der Waals surface area contributed by atoms with Crippen molar-refractivity contribution in [2.75, 3.05) is 10.6 Å². The molecule has 0 unspecified atom stereocenters. The van der Waals surface area contributed by atoms with Crippen molar-refractivity contribution in [1.29, 1.82) is 0 Å². The molecule has 0 spiro atoms. The third-order valence-corrected chi connectivity index (χ3v) is 4.87. The van der Waals surface area contributed by atoms with Crippen molar-refractivity contribution in [1.82, 2.24) is 0 Å². The lowest BCUT2D eigenvalue weighted by Gasteiger charge is -2.11. The molecule has 144 valence electrons. The maximum absolute atomic E-state index is 12.8. The summed E-state index contributed by atoms with van der Waals surface area (Å²) in [4.78, 5) is 25.0. The van der Waals surface area contributed by atoms with Gasteiger partial charge in [-0.25, -0.2) is 0 Å². The van der Waals surface area contributed by atoms with Gasteiger partial charge >= 0.3 is 6.18 Å². The molecular formula is C19H12ClF3N2O2S. The first-order chi connectivity index (χ1) is 13.2. The first-order valence-electron chi connectivity index (χ1n) is 7.87. The van der Waals surface area contributed by atoms with Crippen molar-refractivity contribution in [2.24, 2.45) is 0 Å². The summed E-state index contributed by atoms with van der Waals surface area (Å²) < 4.78 is 38.4. The highest BCUT2D eigenvalue weighted by molar-refractivity contribution is 7.12. The Bertz CT molecular complexity index is 1020. The first kappa shape index (κ1) is 19.9. The topological polar surface area (TPSA) is 58.2 Å². The van der Waals surface area contributed by atoms with Crippen LogP contribution in [0, 0.1) is 0 Å². The minimum absolute atomic E-state index is 0.000976. The lowest BCUT2D eigenvalue weighted by Crippen LogP contribution is -2.15. The summed E-state index contributed by atoms with van der Waals surface area (Å²) in [6, 6.07) is 11.9. The Morgan fingerprint density at radius 2 is 1.71 bits per heavy atom. The lowest BCUT2D eigenvalue weighted by molar-refractivity contribution is -0.137. The third kappa shape index (κ3) is 4.71. The van der Waals surface area contributed by atoms with E-state index in [4.69, 9.17) is 11.6 Å². The molecule has 0 radical (unpaired) electrons. The number of alkyl halides is 3. The van der Waals surface area contributed by atoms with Gasteiger partial charge in [0, 0.05) is 11.3 Å². The molecule has 0 bridgehead atoms. The number of amides is 2. The maximum atomic E-state index is 12.8. The number of hydrogen-bond acceptors (Lipinski definition) is 3. The lowest BCUT2D eigenvalue weighted by atomic mass is 10.1. The molecule has 1 heterocycles. The number of anilines is 2. The second-order valence-corrected chi connectivity index (χ2v) is 7.01. The average Bonchev–Trinajstić information content (AvgIpc) is 3.18. The maximum Gasteiger partial charge on any atom is 0.416 e. The van der Waals surface area contributed by atoms with Crippen LogP contribution in [0.1, 0.15) is 25.6 Å². The Hall–Kier alpha value is -2.84. The van der Waals surface area contributed by atoms with Crippen molar-refractivity contribution < 1.29 is 22.8 Å². The standard InChI is InChI=1S/C19H12ClF3N2O2S/c20-14-7-6-11(9-15(14)25-18(27)16-5-2-8-28-16)17(26)24-13-4-1-3-12(10-13)19(21,22)23/h1-10H,(H,24,26)(H,25,27). The van der Waals surface area contributed by atoms with Gasteiger partial charge in [-0.05, 0) is 47.8 Å². The Morgan fingerprint density at radius 1 is 0.929 bits per heavy atom. The molecule has 0 saturated carbocycles. The van der Waals surface area contributed by atoms with E-state index in [0.29, 0.717) is 4.88 Å². The summed E-state index contributed by atoms with van der Waals surface area (Å²) in [6.45, 7) is 0. The Labute approximate surface area is 167 Å². The molecule has 3 aromatic rings. The molecule has 0 aliphatic carbocycles. The van der Waals surface area contributed by atoms with E-state index in [-0.39, 0.29) is 27.9 Å². The first-order valence-corrected chi connectivity index (χ1v) is 9.13. The fraction of sp³-hybridized carbons (Fsp3) is 0.0526. The number of hydrogen-bond donors (Lipinski definition) is 2. The highest BCUT2D eigenvalue weighted by atomic mass is 35.5. The van der Waals surface area contributed by atoms with E-state index in [1.807, 2.05) is 0 Å². The Kier molecular flexibility index (Phi) is 5.71. The van der Waals surface area contributed by atoms with Gasteiger partial charge in [-0.2, -0.15) is 13.2 Å². The third-order valence-electron chi connectivity index (χ3n) is 3.67. The number of rotatable bonds is 4. The predicted molar refractivity (Wildman–Crippen MR) is 103 cm³/mol. The zero-order valence-electron chi connectivity index (χ0n) is 14.0. The number of carbonyl (C=O) groups is 2. The van der Waals surface area contributed by atoms with Crippen LogP contribution < -0.4 is 10.6 Å². The van der Waals surface area contributed by atoms with E-state index in [0.717, 1.165) is 12.1 Å². The van der Waals surface area contributed by atoms with Crippen molar-refractivity contribution in [2.45, 2.75) is 6.18 Å². The Balaban J connectivity index is 1.78. The van der Waals surface area contributed by atoms with E-state index in [1.54, 1.807) is 17.5 Å². The van der Waals surface area contributed by atoms with Crippen LogP contribution in [-0.4, -0.2) is 11.8 Å². The number of halogens is 4. The van der Waals surface area contributed by atoms with Crippen LogP contribution >= 0.6 is 22.9 Å². The van der Waals surface area contributed by atoms with Crippen LogP contribution in [0.4, 0.5) is 24.5 Å². The van der Waals surface area contributed by atoms with E-state index >= 15 is 0 Å². The smallest absolute Gasteiger partial charge is 0.322 e. The number of nitrogens with one attached hydrogen (secondary N) is 2. The van der Waals surface area contributed by atoms with E-state index in [2.05, 4.69) is 10.6 Å². The van der Waals surface area contributed by atoms with Crippen molar-refractivity contribution in [3.8, 4) is 0 Å². The van der Waals surface area contributed by atoms with Gasteiger partial charge in [-0.1, -0.05) is 23.7 Å². The monoisotopic (exact) mass is 424 g/mol. The van der Waals surface area contributed by atoms with Crippen molar-refractivity contribution in [3.63, 3.8) is 0 Å². The number of carbonyl (C=O) groups excluding carboxylic acids is 2. The summed E-state index contributed by atoms with van der Waals surface area (Å²) in [5.74, 6) is -1.02. The molecule has 4 nitrogen and oxygen atoms in total. The zero-order chi connectivity index (χ0) is 20.3. The van der Waals surface area contributed by atoms with Crippen LogP contribution in [-0.2, 0) is 6.18 Å². The van der Waals surface area contributed by atoms with E-state index in [1.165, 1.54) is 41.7 Å². The Morgan fingerprint density at radius 3 is 2.39 bits per heavy atom. The molecule has 2 aromatic carbocycles. The van der Waals surface area contributed by atoms with Crippen LogP contribution in [0.25, 0.3) is 0 Å². The van der Waals surface area contributed by atoms with E-state index in [9.17, 15) is 22.8 Å². The van der Waals surface area contributed by atoms with Gasteiger partial charge in [0.15, 0.2) is 0 Å². The van der Waals surface area contributed by atoms with Crippen LogP contribution in [0.15, 0.2) is 60.0 Å². The number of benzene rings is 2. The van der Waals surface area contributed by atoms with Crippen LogP contribution in [0.3, 0.4) is 0 Å². The summed E-state index contributed by atoms with van der Waals surface area (Å²) in [7, 11) is 0. The van der Waals surface area contributed by atoms with Gasteiger partial charge in [-0.15, -0.1) is 11.3 Å². The van der Waals surface area contributed by atoms with Crippen LogP contribution in [0.2, 0.25) is 5.02 Å². The molecule has 3 rings (SSSR count).